The highest BCUT2D eigenvalue weighted by Crippen LogP contribution is 2.14. The van der Waals surface area contributed by atoms with Gasteiger partial charge >= 0.3 is 0 Å². The van der Waals surface area contributed by atoms with E-state index < -0.39 is 0 Å². The lowest BCUT2D eigenvalue weighted by Crippen LogP contribution is -2.33. The van der Waals surface area contributed by atoms with Crippen LogP contribution in [0.4, 0.5) is 0 Å². The summed E-state index contributed by atoms with van der Waals surface area (Å²) < 4.78 is 0. The molecule has 0 spiro atoms. The molecule has 2 rings (SSSR count). The van der Waals surface area contributed by atoms with E-state index in [2.05, 4.69) is 10.6 Å². The van der Waals surface area contributed by atoms with Crippen molar-refractivity contribution in [2.75, 3.05) is 6.54 Å². The van der Waals surface area contributed by atoms with Gasteiger partial charge in [0.25, 0.3) is 5.91 Å². The zero-order valence-corrected chi connectivity index (χ0v) is 6.39. The Morgan fingerprint density at radius 2 is 2.36 bits per heavy atom. The second-order valence-corrected chi connectivity index (χ2v) is 3.08. The number of fused-ring (bicyclic) bond motifs is 2. The number of carbonyl (C=O) groups is 1. The van der Waals surface area contributed by atoms with Crippen molar-refractivity contribution in [3.05, 3.63) is 11.8 Å². The van der Waals surface area contributed by atoms with Gasteiger partial charge in [-0.1, -0.05) is 6.08 Å². The average molecular weight is 152 g/mol. The Labute approximate surface area is 65.9 Å². The summed E-state index contributed by atoms with van der Waals surface area (Å²) in [5.41, 5.74) is 0.777. The molecule has 0 saturated carbocycles. The molecule has 2 N–H and O–H groups in total. The number of nitrogens with one attached hydrogen (secondary N) is 2. The van der Waals surface area contributed by atoms with Gasteiger partial charge in [0.05, 0.1) is 5.70 Å². The van der Waals surface area contributed by atoms with Crippen molar-refractivity contribution < 1.29 is 4.79 Å². The van der Waals surface area contributed by atoms with Crippen LogP contribution in [0.3, 0.4) is 0 Å². The summed E-state index contributed by atoms with van der Waals surface area (Å²) >= 11 is 0. The number of amides is 1. The molecular weight excluding hydrogens is 140 g/mol. The number of carbonyl (C=O) groups excluding carboxylic acids is 1. The number of hydrogen-bond acceptors (Lipinski definition) is 2. The molecule has 11 heavy (non-hydrogen) atoms. The van der Waals surface area contributed by atoms with Crippen LogP contribution in [0.1, 0.15) is 19.3 Å². The molecular formula is C8H12N2O. The van der Waals surface area contributed by atoms with Crippen molar-refractivity contribution in [2.24, 2.45) is 0 Å². The first kappa shape index (κ1) is 6.70. The zero-order chi connectivity index (χ0) is 7.68. The summed E-state index contributed by atoms with van der Waals surface area (Å²) in [4.78, 5) is 11.2. The highest BCUT2D eigenvalue weighted by atomic mass is 16.2. The fourth-order valence-corrected chi connectivity index (χ4v) is 1.61. The van der Waals surface area contributed by atoms with Gasteiger partial charge in [-0.3, -0.25) is 4.79 Å². The van der Waals surface area contributed by atoms with Crippen LogP contribution in [0.5, 0.6) is 0 Å². The summed E-state index contributed by atoms with van der Waals surface area (Å²) in [5, 5.41) is 6.06. The molecule has 1 atom stereocenters. The molecule has 2 heterocycles. The molecule has 0 radical (unpaired) electrons. The van der Waals surface area contributed by atoms with Gasteiger partial charge < -0.3 is 10.6 Å². The molecule has 0 aromatic carbocycles. The van der Waals surface area contributed by atoms with Crippen LogP contribution >= 0.6 is 0 Å². The lowest BCUT2D eigenvalue weighted by Gasteiger charge is -2.20. The van der Waals surface area contributed by atoms with Gasteiger partial charge in [0.15, 0.2) is 0 Å². The summed E-state index contributed by atoms with van der Waals surface area (Å²) in [5.74, 6) is 0.0622. The first-order chi connectivity index (χ1) is 5.36. The van der Waals surface area contributed by atoms with Crippen molar-refractivity contribution in [3.63, 3.8) is 0 Å². The van der Waals surface area contributed by atoms with Crippen LogP contribution in [0.2, 0.25) is 0 Å². The van der Waals surface area contributed by atoms with Crippen molar-refractivity contribution >= 4 is 5.91 Å². The molecule has 2 bridgehead atoms. The van der Waals surface area contributed by atoms with Gasteiger partial charge in [-0.15, -0.1) is 0 Å². The van der Waals surface area contributed by atoms with Crippen LogP contribution in [-0.4, -0.2) is 18.5 Å². The smallest absolute Gasteiger partial charge is 0.267 e. The standard InChI is InChI=1S/C8H12N2O/c11-8-7-3-1-2-6(10-7)4-5-9-8/h3,6,10H,1-2,4-5H2,(H,9,11). The van der Waals surface area contributed by atoms with Gasteiger partial charge in [0, 0.05) is 12.6 Å². The van der Waals surface area contributed by atoms with E-state index >= 15 is 0 Å². The van der Waals surface area contributed by atoms with E-state index in [-0.39, 0.29) is 5.91 Å². The van der Waals surface area contributed by atoms with Gasteiger partial charge in [0.1, 0.15) is 0 Å². The van der Waals surface area contributed by atoms with E-state index in [4.69, 9.17) is 0 Å². The minimum Gasteiger partial charge on any atom is -0.378 e. The minimum absolute atomic E-state index is 0.0622. The van der Waals surface area contributed by atoms with E-state index in [0.717, 1.165) is 25.1 Å². The van der Waals surface area contributed by atoms with Crippen molar-refractivity contribution in [1.82, 2.24) is 10.6 Å². The molecule has 2 aliphatic rings. The van der Waals surface area contributed by atoms with E-state index in [1.54, 1.807) is 0 Å². The predicted molar refractivity (Wildman–Crippen MR) is 41.9 cm³/mol. The number of hydrogen-bond donors (Lipinski definition) is 2. The van der Waals surface area contributed by atoms with E-state index in [9.17, 15) is 4.79 Å². The van der Waals surface area contributed by atoms with E-state index in [0.29, 0.717) is 6.04 Å². The number of rotatable bonds is 0. The third-order valence-electron chi connectivity index (χ3n) is 2.25. The van der Waals surface area contributed by atoms with E-state index in [1.165, 1.54) is 6.42 Å². The highest BCUT2D eigenvalue weighted by molar-refractivity contribution is 5.93. The molecule has 0 aromatic heterocycles. The van der Waals surface area contributed by atoms with Crippen molar-refractivity contribution in [1.29, 1.82) is 0 Å². The van der Waals surface area contributed by atoms with E-state index in [1.807, 2.05) is 6.08 Å². The summed E-state index contributed by atoms with van der Waals surface area (Å²) in [6.07, 6.45) is 5.25. The zero-order valence-electron chi connectivity index (χ0n) is 6.39. The molecule has 0 aromatic rings. The molecule has 2 aliphatic heterocycles. The summed E-state index contributed by atoms with van der Waals surface area (Å²) in [6.45, 7) is 0.813. The number of allylic oxidation sites excluding steroid dienone is 1. The third-order valence-corrected chi connectivity index (χ3v) is 2.25. The Balaban J connectivity index is 2.21. The largest absolute Gasteiger partial charge is 0.378 e. The van der Waals surface area contributed by atoms with Gasteiger partial charge in [0.2, 0.25) is 0 Å². The second-order valence-electron chi connectivity index (χ2n) is 3.08. The van der Waals surface area contributed by atoms with Gasteiger partial charge in [-0.2, -0.15) is 0 Å². The van der Waals surface area contributed by atoms with Gasteiger partial charge in [-0.05, 0) is 19.3 Å². The molecule has 1 saturated heterocycles. The summed E-state index contributed by atoms with van der Waals surface area (Å²) in [6, 6.07) is 0.522. The first-order valence-corrected chi connectivity index (χ1v) is 4.11. The molecule has 3 heteroatoms. The second kappa shape index (κ2) is 2.57. The van der Waals surface area contributed by atoms with Crippen LogP contribution in [-0.2, 0) is 4.79 Å². The van der Waals surface area contributed by atoms with Crippen LogP contribution in [0.15, 0.2) is 11.8 Å². The minimum atomic E-state index is 0.0622. The molecule has 60 valence electrons. The molecule has 3 nitrogen and oxygen atoms in total. The Morgan fingerprint density at radius 3 is 3.27 bits per heavy atom. The molecule has 1 unspecified atom stereocenters. The predicted octanol–water partition coefficient (Wildman–Crippen LogP) is 0.142. The Morgan fingerprint density at radius 1 is 1.45 bits per heavy atom. The van der Waals surface area contributed by atoms with Crippen LogP contribution in [0.25, 0.3) is 0 Å². The fraction of sp³-hybridized carbons (Fsp3) is 0.625. The maximum Gasteiger partial charge on any atom is 0.267 e. The lowest BCUT2D eigenvalue weighted by atomic mass is 10.0. The van der Waals surface area contributed by atoms with Crippen molar-refractivity contribution in [2.45, 2.75) is 25.3 Å². The van der Waals surface area contributed by atoms with Gasteiger partial charge in [-0.25, -0.2) is 0 Å². The van der Waals surface area contributed by atoms with Crippen LogP contribution < -0.4 is 10.6 Å². The maximum absolute atomic E-state index is 11.2. The Hall–Kier alpha value is -0.990. The fourth-order valence-electron chi connectivity index (χ4n) is 1.61. The Kier molecular flexibility index (Phi) is 1.56. The SMILES string of the molecule is O=C1NCCC2CCC=C1N2. The monoisotopic (exact) mass is 152 g/mol. The molecule has 1 fully saturated rings. The first-order valence-electron chi connectivity index (χ1n) is 4.11. The maximum atomic E-state index is 11.2. The normalized spacial score (nSPS) is 29.6. The molecule has 1 amide bonds. The highest BCUT2D eigenvalue weighted by Gasteiger charge is 2.21. The summed E-state index contributed by atoms with van der Waals surface area (Å²) in [7, 11) is 0. The lowest BCUT2D eigenvalue weighted by molar-refractivity contribution is -0.117. The topological polar surface area (TPSA) is 41.1 Å². The quantitative estimate of drug-likeness (QED) is 0.518. The third kappa shape index (κ3) is 1.23. The van der Waals surface area contributed by atoms with Crippen molar-refractivity contribution in [3.8, 4) is 0 Å². The Bertz CT molecular complexity index is 210. The molecule has 0 aliphatic carbocycles. The average Bonchev–Trinajstić information content (AvgIpc) is 2.14. The van der Waals surface area contributed by atoms with Crippen LogP contribution in [0, 0.1) is 0 Å².